The monoisotopic (exact) mass is 515 g/mol. The summed E-state index contributed by atoms with van der Waals surface area (Å²) < 4.78 is 11.7. The predicted molar refractivity (Wildman–Crippen MR) is 143 cm³/mol. The van der Waals surface area contributed by atoms with Crippen LogP contribution in [-0.4, -0.2) is 84.9 Å². The van der Waals surface area contributed by atoms with Gasteiger partial charge in [-0.05, 0) is 68.7 Å². The lowest BCUT2D eigenvalue weighted by atomic mass is 9.82. The third-order valence-corrected chi connectivity index (χ3v) is 8.34. The zero-order valence-electron chi connectivity index (χ0n) is 22.4. The number of rotatable bonds is 13. The molecule has 8 nitrogen and oxygen atoms in total. The molecule has 3 aliphatic rings. The zero-order chi connectivity index (χ0) is 26.2. The van der Waals surface area contributed by atoms with Crippen LogP contribution < -0.4 is 10.5 Å². The number of benzene rings is 1. The summed E-state index contributed by atoms with van der Waals surface area (Å²) in [6, 6.07) is 5.93. The number of carbonyl (C=O) groups excluding carboxylic acids is 1. The van der Waals surface area contributed by atoms with Crippen molar-refractivity contribution in [1.82, 2.24) is 9.80 Å². The van der Waals surface area contributed by atoms with E-state index >= 15 is 0 Å². The molecule has 3 aliphatic heterocycles. The molecule has 0 spiro atoms. The first kappa shape index (κ1) is 27.9. The minimum Gasteiger partial charge on any atom is -0.493 e. The lowest BCUT2D eigenvalue weighted by molar-refractivity contribution is -0.144. The molecule has 37 heavy (non-hydrogen) atoms. The van der Waals surface area contributed by atoms with Crippen molar-refractivity contribution in [2.75, 3.05) is 45.9 Å². The summed E-state index contributed by atoms with van der Waals surface area (Å²) in [5, 5.41) is 10.4. The summed E-state index contributed by atoms with van der Waals surface area (Å²) in [5.74, 6) is -0.533. The van der Waals surface area contributed by atoms with Crippen LogP contribution in [-0.2, 0) is 20.7 Å². The number of likely N-dealkylation sites (tertiary alicyclic amines) is 1. The van der Waals surface area contributed by atoms with Gasteiger partial charge < -0.3 is 25.2 Å². The average Bonchev–Trinajstić information content (AvgIpc) is 3.52. The Morgan fingerprint density at radius 1 is 1.16 bits per heavy atom. The molecule has 3 N–H and O–H groups in total. The minimum absolute atomic E-state index is 0.0768. The Hall–Kier alpha value is -2.16. The van der Waals surface area contributed by atoms with Gasteiger partial charge in [-0.25, -0.2) is 0 Å². The summed E-state index contributed by atoms with van der Waals surface area (Å²) in [4.78, 5) is 30.3. The maximum atomic E-state index is 13.5. The molecule has 0 aliphatic carbocycles. The fourth-order valence-electron chi connectivity index (χ4n) is 6.29. The molecule has 1 aromatic carbocycles. The van der Waals surface area contributed by atoms with E-state index in [1.54, 1.807) is 0 Å². The number of fused-ring (bicyclic) bond motifs is 1. The van der Waals surface area contributed by atoms with Crippen LogP contribution in [0.4, 0.5) is 0 Å². The van der Waals surface area contributed by atoms with Crippen molar-refractivity contribution < 1.29 is 24.2 Å². The fraction of sp³-hybridized carbons (Fsp3) is 0.724. The zero-order valence-corrected chi connectivity index (χ0v) is 22.4. The van der Waals surface area contributed by atoms with E-state index in [9.17, 15) is 14.7 Å². The van der Waals surface area contributed by atoms with Gasteiger partial charge in [0.15, 0.2) is 0 Å². The van der Waals surface area contributed by atoms with Gasteiger partial charge in [-0.3, -0.25) is 14.5 Å². The molecule has 0 bridgehead atoms. The fourth-order valence-corrected chi connectivity index (χ4v) is 6.29. The molecule has 0 aromatic heterocycles. The Balaban J connectivity index is 1.55. The van der Waals surface area contributed by atoms with Gasteiger partial charge in [-0.1, -0.05) is 25.5 Å². The topological polar surface area (TPSA) is 105 Å². The number of unbranched alkanes of at least 4 members (excludes halogenated alkanes) is 1. The Morgan fingerprint density at radius 2 is 2.00 bits per heavy atom. The number of carbonyl (C=O) groups is 2. The Labute approximate surface area is 221 Å². The molecule has 3 heterocycles. The smallest absolute Gasteiger partial charge is 0.308 e. The number of nitrogens with zero attached hydrogens (tertiary/aromatic N) is 2. The van der Waals surface area contributed by atoms with E-state index in [2.05, 4.69) is 17.9 Å². The van der Waals surface area contributed by atoms with E-state index in [1.165, 1.54) is 0 Å². The third-order valence-electron chi connectivity index (χ3n) is 8.34. The van der Waals surface area contributed by atoms with E-state index in [0.29, 0.717) is 26.2 Å². The van der Waals surface area contributed by atoms with Gasteiger partial charge in [0.1, 0.15) is 5.75 Å². The largest absolute Gasteiger partial charge is 0.493 e. The van der Waals surface area contributed by atoms with Gasteiger partial charge in [0.25, 0.3) is 0 Å². The number of ether oxygens (including phenoxy) is 2. The van der Waals surface area contributed by atoms with Crippen molar-refractivity contribution in [2.45, 2.75) is 82.8 Å². The lowest BCUT2D eigenvalue weighted by Gasteiger charge is -2.31. The molecule has 4 rings (SSSR count). The van der Waals surface area contributed by atoms with E-state index in [4.69, 9.17) is 15.2 Å². The summed E-state index contributed by atoms with van der Waals surface area (Å²) in [7, 11) is 0. The molecule has 206 valence electrons. The highest BCUT2D eigenvalue weighted by atomic mass is 16.5. The molecule has 4 unspecified atom stereocenters. The van der Waals surface area contributed by atoms with Crippen molar-refractivity contribution in [3.8, 4) is 5.75 Å². The summed E-state index contributed by atoms with van der Waals surface area (Å²) >= 11 is 0. The van der Waals surface area contributed by atoms with Crippen molar-refractivity contribution >= 4 is 11.9 Å². The molecule has 1 amide bonds. The quantitative estimate of drug-likeness (QED) is 0.415. The maximum absolute atomic E-state index is 13.5. The van der Waals surface area contributed by atoms with Gasteiger partial charge in [-0.15, -0.1) is 0 Å². The summed E-state index contributed by atoms with van der Waals surface area (Å²) in [6.45, 7) is 6.32. The SMILES string of the molecule is CCCCN(CCCN)C(=O)CN1CC(c2ccc3c(c2)CCO3)C(C(=O)O)C1CCC1CCCCO1. The molecule has 2 saturated heterocycles. The first-order chi connectivity index (χ1) is 18.0. The second-order valence-corrected chi connectivity index (χ2v) is 10.9. The third kappa shape index (κ3) is 7.03. The van der Waals surface area contributed by atoms with Crippen molar-refractivity contribution in [3.63, 3.8) is 0 Å². The van der Waals surface area contributed by atoms with Gasteiger partial charge in [0, 0.05) is 44.6 Å². The van der Waals surface area contributed by atoms with Crippen molar-refractivity contribution in [3.05, 3.63) is 29.3 Å². The highest BCUT2D eigenvalue weighted by Gasteiger charge is 2.47. The van der Waals surface area contributed by atoms with Crippen molar-refractivity contribution in [2.24, 2.45) is 11.7 Å². The summed E-state index contributed by atoms with van der Waals surface area (Å²) in [5.41, 5.74) is 7.93. The molecule has 0 radical (unpaired) electrons. The molecular weight excluding hydrogens is 470 g/mol. The van der Waals surface area contributed by atoms with Crippen LogP contribution in [0.25, 0.3) is 0 Å². The minimum atomic E-state index is -0.780. The Bertz CT molecular complexity index is 896. The average molecular weight is 516 g/mol. The van der Waals surface area contributed by atoms with Gasteiger partial charge in [-0.2, -0.15) is 0 Å². The molecular formula is C29H45N3O5. The predicted octanol–water partition coefficient (Wildman–Crippen LogP) is 3.42. The normalized spacial score (nSPS) is 25.6. The van der Waals surface area contributed by atoms with Gasteiger partial charge in [0.05, 0.1) is 25.2 Å². The number of amides is 1. The van der Waals surface area contributed by atoms with Gasteiger partial charge in [0.2, 0.25) is 5.91 Å². The van der Waals surface area contributed by atoms with E-state index < -0.39 is 11.9 Å². The Morgan fingerprint density at radius 3 is 2.73 bits per heavy atom. The van der Waals surface area contributed by atoms with Crippen LogP contribution in [0.15, 0.2) is 18.2 Å². The van der Waals surface area contributed by atoms with Crippen LogP contribution in [0.1, 0.15) is 75.3 Å². The molecule has 4 atom stereocenters. The number of carboxylic acid groups (broad SMARTS) is 1. The highest BCUT2D eigenvalue weighted by molar-refractivity contribution is 5.79. The number of carboxylic acids is 1. The summed E-state index contributed by atoms with van der Waals surface area (Å²) in [6.07, 6.45) is 8.62. The van der Waals surface area contributed by atoms with Crippen LogP contribution in [0.3, 0.4) is 0 Å². The second-order valence-electron chi connectivity index (χ2n) is 10.9. The van der Waals surface area contributed by atoms with Crippen molar-refractivity contribution in [1.29, 1.82) is 0 Å². The van der Waals surface area contributed by atoms with Crippen LogP contribution in [0, 0.1) is 5.92 Å². The second kappa shape index (κ2) is 13.6. The van der Waals surface area contributed by atoms with Crippen LogP contribution >= 0.6 is 0 Å². The highest BCUT2D eigenvalue weighted by Crippen LogP contribution is 2.41. The van der Waals surface area contributed by atoms with E-state index in [0.717, 1.165) is 87.8 Å². The van der Waals surface area contributed by atoms with Crippen LogP contribution in [0.2, 0.25) is 0 Å². The standard InChI is InChI=1S/C29H45N3O5/c1-2-3-14-31(15-6-13-30)27(33)20-32-19-24(21-8-11-26-22(18-21)12-17-37-26)28(29(34)35)25(32)10-9-23-7-4-5-16-36-23/h8,11,18,23-25,28H,2-7,9-10,12-17,19-20,30H2,1H3,(H,34,35). The maximum Gasteiger partial charge on any atom is 0.308 e. The molecule has 8 heteroatoms. The first-order valence-corrected chi connectivity index (χ1v) is 14.3. The first-order valence-electron chi connectivity index (χ1n) is 14.3. The number of hydrogen-bond acceptors (Lipinski definition) is 6. The van der Waals surface area contributed by atoms with E-state index in [-0.39, 0.29) is 30.5 Å². The Kier molecular flexibility index (Phi) is 10.2. The number of nitrogens with two attached hydrogens (primary N) is 1. The molecule has 1 aromatic rings. The molecule has 2 fully saturated rings. The van der Waals surface area contributed by atoms with Gasteiger partial charge >= 0.3 is 5.97 Å². The number of hydrogen-bond donors (Lipinski definition) is 2. The lowest BCUT2D eigenvalue weighted by Crippen LogP contribution is -2.45. The van der Waals surface area contributed by atoms with E-state index in [1.807, 2.05) is 17.0 Å². The molecule has 0 saturated carbocycles. The number of aliphatic carboxylic acids is 1. The van der Waals surface area contributed by atoms with Crippen LogP contribution in [0.5, 0.6) is 5.75 Å².